The molecule has 1 fully saturated rings. The van der Waals surface area contributed by atoms with Gasteiger partial charge in [0.15, 0.2) is 0 Å². The first-order valence-corrected chi connectivity index (χ1v) is 8.57. The highest BCUT2D eigenvalue weighted by atomic mass is 16.6. The number of amides is 1. The number of dihydropyridines is 1. The zero-order chi connectivity index (χ0) is 17.7. The monoisotopic (exact) mass is 351 g/mol. The van der Waals surface area contributed by atoms with Gasteiger partial charge in [0.2, 0.25) is 0 Å². The lowest BCUT2D eigenvalue weighted by Crippen LogP contribution is -2.34. The number of rotatable bonds is 3. The number of cyclic esters (lactones) is 1. The van der Waals surface area contributed by atoms with Crippen LogP contribution in [0.5, 0.6) is 0 Å². The Balaban J connectivity index is 1.39. The molecular weight excluding hydrogens is 334 g/mol. The number of nitrogens with one attached hydrogen (secondary N) is 1. The first-order valence-electron chi connectivity index (χ1n) is 8.57. The molecule has 1 aromatic carbocycles. The molecule has 3 aliphatic heterocycles. The maximum absolute atomic E-state index is 12.1. The fraction of sp³-hybridized carbons (Fsp3) is 0.333. The van der Waals surface area contributed by atoms with Crippen LogP contribution in [0.15, 0.2) is 35.5 Å². The molecule has 1 amide bonds. The summed E-state index contributed by atoms with van der Waals surface area (Å²) in [5.41, 5.74) is 5.97. The third kappa shape index (κ3) is 2.26. The highest BCUT2D eigenvalue weighted by molar-refractivity contribution is 6.02. The van der Waals surface area contributed by atoms with E-state index in [-0.39, 0.29) is 18.7 Å². The van der Waals surface area contributed by atoms with Crippen molar-refractivity contribution in [1.82, 2.24) is 15.4 Å². The highest BCUT2D eigenvalue weighted by Gasteiger charge is 2.47. The summed E-state index contributed by atoms with van der Waals surface area (Å²) in [6.07, 6.45) is 4.42. The van der Waals surface area contributed by atoms with Gasteiger partial charge in [0.1, 0.15) is 11.8 Å². The van der Waals surface area contributed by atoms with Gasteiger partial charge in [-0.05, 0) is 35.3 Å². The number of aliphatic hydroxyl groups excluding tert-OH is 1. The van der Waals surface area contributed by atoms with Gasteiger partial charge < -0.3 is 9.84 Å². The van der Waals surface area contributed by atoms with Crippen LogP contribution in [-0.2, 0) is 11.2 Å². The standard InChI is InChI=1S/C18H17N5O3/c24-9-17-16-6-12-5-10(2-4-15(12)23(16)18(25)26-17)11-1-3-13(19-7-11)14-8-20-22-21-14/h1-2,4-5,8,16-17,24H,3,6-7,9H2,(H,20,21,22). The van der Waals surface area contributed by atoms with Gasteiger partial charge in [-0.2, -0.15) is 15.4 Å². The number of aromatic amines is 1. The Morgan fingerprint density at radius 3 is 3.04 bits per heavy atom. The number of aromatic nitrogens is 3. The van der Waals surface area contributed by atoms with Gasteiger partial charge in [-0.3, -0.25) is 9.89 Å². The lowest BCUT2D eigenvalue weighted by molar-refractivity contribution is 0.0830. The number of H-pyrrole nitrogens is 1. The van der Waals surface area contributed by atoms with Crippen LogP contribution in [0.1, 0.15) is 23.2 Å². The Kier molecular flexibility index (Phi) is 3.39. The second kappa shape index (κ2) is 5.77. The number of aliphatic imine (C=N–C) groups is 1. The van der Waals surface area contributed by atoms with Crippen molar-refractivity contribution in [3.05, 3.63) is 47.3 Å². The predicted octanol–water partition coefficient (Wildman–Crippen LogP) is 1.32. The number of carbonyl (C=O) groups excluding carboxylic acids is 1. The van der Waals surface area contributed by atoms with Crippen LogP contribution in [-0.4, -0.2) is 57.6 Å². The van der Waals surface area contributed by atoms with E-state index in [2.05, 4.69) is 32.5 Å². The molecular formula is C18H17N5O3. The molecule has 8 heteroatoms. The number of hydrogen-bond donors (Lipinski definition) is 2. The summed E-state index contributed by atoms with van der Waals surface area (Å²) in [5.74, 6) is 0. The molecule has 3 aliphatic rings. The highest BCUT2D eigenvalue weighted by Crippen LogP contribution is 2.40. The van der Waals surface area contributed by atoms with Crippen molar-refractivity contribution < 1.29 is 14.6 Å². The van der Waals surface area contributed by atoms with Crippen LogP contribution >= 0.6 is 0 Å². The quantitative estimate of drug-likeness (QED) is 0.868. The molecule has 2 aromatic rings. The van der Waals surface area contributed by atoms with Gasteiger partial charge in [0, 0.05) is 6.42 Å². The van der Waals surface area contributed by atoms with Crippen LogP contribution in [0.4, 0.5) is 10.5 Å². The predicted molar refractivity (Wildman–Crippen MR) is 94.1 cm³/mol. The zero-order valence-electron chi connectivity index (χ0n) is 13.9. The molecule has 2 atom stereocenters. The molecule has 2 unspecified atom stereocenters. The lowest BCUT2D eigenvalue weighted by atomic mass is 9.97. The molecule has 26 heavy (non-hydrogen) atoms. The van der Waals surface area contributed by atoms with Crippen molar-refractivity contribution in [2.24, 2.45) is 4.99 Å². The number of benzene rings is 1. The molecule has 2 N–H and O–H groups in total. The van der Waals surface area contributed by atoms with Crippen LogP contribution in [0.2, 0.25) is 0 Å². The maximum Gasteiger partial charge on any atom is 0.415 e. The largest absolute Gasteiger partial charge is 0.441 e. The summed E-state index contributed by atoms with van der Waals surface area (Å²) in [6.45, 7) is 0.438. The molecule has 8 nitrogen and oxygen atoms in total. The number of ether oxygens (including phenoxy) is 1. The van der Waals surface area contributed by atoms with Gasteiger partial charge in [-0.1, -0.05) is 12.1 Å². The smallest absolute Gasteiger partial charge is 0.415 e. The van der Waals surface area contributed by atoms with Gasteiger partial charge in [-0.25, -0.2) is 4.79 Å². The number of fused-ring (bicyclic) bond motifs is 3. The van der Waals surface area contributed by atoms with E-state index in [0.717, 1.165) is 33.8 Å². The number of carbonyl (C=O) groups is 1. The summed E-state index contributed by atoms with van der Waals surface area (Å²) >= 11 is 0. The molecule has 0 radical (unpaired) electrons. The van der Waals surface area contributed by atoms with Gasteiger partial charge in [-0.15, -0.1) is 0 Å². The van der Waals surface area contributed by atoms with E-state index in [1.807, 2.05) is 12.1 Å². The van der Waals surface area contributed by atoms with E-state index < -0.39 is 6.10 Å². The van der Waals surface area contributed by atoms with Crippen LogP contribution in [0.3, 0.4) is 0 Å². The fourth-order valence-electron chi connectivity index (χ4n) is 3.90. The van der Waals surface area contributed by atoms with Crippen LogP contribution in [0.25, 0.3) is 5.57 Å². The van der Waals surface area contributed by atoms with Crippen molar-refractivity contribution in [2.45, 2.75) is 25.0 Å². The second-order valence-corrected chi connectivity index (χ2v) is 6.64. The number of anilines is 1. The molecule has 0 spiro atoms. The van der Waals surface area contributed by atoms with Crippen molar-refractivity contribution in [2.75, 3.05) is 18.1 Å². The molecule has 0 bridgehead atoms. The Morgan fingerprint density at radius 1 is 1.38 bits per heavy atom. The van der Waals surface area contributed by atoms with Gasteiger partial charge in [0.05, 0.1) is 36.8 Å². The number of allylic oxidation sites excluding steroid dienone is 1. The average Bonchev–Trinajstić information content (AvgIpc) is 3.38. The lowest BCUT2D eigenvalue weighted by Gasteiger charge is -2.15. The minimum atomic E-state index is -0.457. The van der Waals surface area contributed by atoms with E-state index in [1.165, 1.54) is 0 Å². The van der Waals surface area contributed by atoms with Crippen LogP contribution in [0, 0.1) is 0 Å². The van der Waals surface area contributed by atoms with Crippen LogP contribution < -0.4 is 4.90 Å². The minimum absolute atomic E-state index is 0.116. The zero-order valence-corrected chi connectivity index (χ0v) is 13.9. The molecule has 0 saturated carbocycles. The fourth-order valence-corrected chi connectivity index (χ4v) is 3.90. The topological polar surface area (TPSA) is 104 Å². The number of nitrogens with zero attached hydrogens (tertiary/aromatic N) is 4. The van der Waals surface area contributed by atoms with Crippen molar-refractivity contribution in [3.63, 3.8) is 0 Å². The summed E-state index contributed by atoms with van der Waals surface area (Å²) < 4.78 is 5.22. The van der Waals surface area contributed by atoms with Crippen molar-refractivity contribution >= 4 is 23.1 Å². The molecule has 0 aliphatic carbocycles. The van der Waals surface area contributed by atoms with E-state index >= 15 is 0 Å². The Bertz CT molecular complexity index is 934. The first kappa shape index (κ1) is 15.3. The Labute approximate surface area is 149 Å². The normalized spacial score (nSPS) is 24.0. The third-order valence-electron chi connectivity index (χ3n) is 5.22. The summed E-state index contributed by atoms with van der Waals surface area (Å²) in [5, 5.41) is 19.9. The van der Waals surface area contributed by atoms with Gasteiger partial charge >= 0.3 is 6.09 Å². The summed E-state index contributed by atoms with van der Waals surface area (Å²) in [4.78, 5) is 18.4. The first-order chi connectivity index (χ1) is 12.7. The van der Waals surface area contributed by atoms with E-state index in [4.69, 9.17) is 4.74 Å². The van der Waals surface area contributed by atoms with Crippen molar-refractivity contribution in [3.8, 4) is 0 Å². The molecule has 4 heterocycles. The number of hydrogen-bond acceptors (Lipinski definition) is 6. The maximum atomic E-state index is 12.1. The third-order valence-corrected chi connectivity index (χ3v) is 5.22. The number of aliphatic hydroxyl groups is 1. The van der Waals surface area contributed by atoms with Gasteiger partial charge in [0.25, 0.3) is 0 Å². The second-order valence-electron chi connectivity index (χ2n) is 6.64. The SMILES string of the molecule is O=C1OC(CO)C2Cc3cc(C4=CCC(c5cn[nH]n5)=NC4)ccc3N12. The van der Waals surface area contributed by atoms with Crippen molar-refractivity contribution in [1.29, 1.82) is 0 Å². The van der Waals surface area contributed by atoms with E-state index in [9.17, 15) is 9.90 Å². The molecule has 1 aromatic heterocycles. The molecule has 1 saturated heterocycles. The molecule has 5 rings (SSSR count). The minimum Gasteiger partial charge on any atom is -0.441 e. The Morgan fingerprint density at radius 2 is 2.31 bits per heavy atom. The van der Waals surface area contributed by atoms with E-state index in [1.54, 1.807) is 11.1 Å². The molecule has 132 valence electrons. The summed E-state index contributed by atoms with van der Waals surface area (Å²) in [6, 6.07) is 5.99. The Hall–Kier alpha value is -3.00. The summed E-state index contributed by atoms with van der Waals surface area (Å²) in [7, 11) is 0. The average molecular weight is 351 g/mol. The van der Waals surface area contributed by atoms with E-state index in [0.29, 0.717) is 19.4 Å².